The van der Waals surface area contributed by atoms with Gasteiger partial charge in [-0.25, -0.2) is 4.79 Å². The minimum atomic E-state index is -0.905. The molecule has 0 heterocycles. The molecule has 1 atom stereocenters. The Morgan fingerprint density at radius 3 is 2.38 bits per heavy atom. The van der Waals surface area contributed by atoms with E-state index in [1.807, 2.05) is 6.92 Å². The molecule has 0 aromatic heterocycles. The summed E-state index contributed by atoms with van der Waals surface area (Å²) in [5, 5.41) is 3.05. The second kappa shape index (κ2) is 13.9. The average Bonchev–Trinajstić information content (AvgIpc) is 2.53. The predicted octanol–water partition coefficient (Wildman–Crippen LogP) is 0.445. The average molecular weight is 395 g/mol. The summed E-state index contributed by atoms with van der Waals surface area (Å²) in [6, 6.07) is 6.44. The molecule has 0 aliphatic heterocycles. The quantitative estimate of drug-likeness (QED) is 0.215. The summed E-state index contributed by atoms with van der Waals surface area (Å²) in [4.78, 5) is 34.2. The third-order valence-corrected chi connectivity index (χ3v) is 3.18. The zero-order valence-electron chi connectivity index (χ0n) is 15.2. The third-order valence-electron chi connectivity index (χ3n) is 2.93. The molecule has 9 heteroatoms. The maximum absolute atomic E-state index is 11.7. The Kier molecular flexibility index (Phi) is 13.2. The zero-order chi connectivity index (χ0) is 18.7. The Hall–Kier alpha value is -1.28. The van der Waals surface area contributed by atoms with Gasteiger partial charge in [0.15, 0.2) is 0 Å². The van der Waals surface area contributed by atoms with Crippen LogP contribution in [0.3, 0.4) is 0 Å². The number of nitrogens with one attached hydrogen (secondary N) is 1. The molecule has 0 saturated carbocycles. The number of amides is 1. The summed E-state index contributed by atoms with van der Waals surface area (Å²) >= 11 is 5.74. The fourth-order valence-electron chi connectivity index (χ4n) is 1.83. The van der Waals surface area contributed by atoms with Crippen LogP contribution in [0.5, 0.6) is 5.75 Å². The molecule has 138 valence electrons. The van der Waals surface area contributed by atoms with Crippen LogP contribution in [0, 0.1) is 0 Å². The Morgan fingerprint density at radius 2 is 1.81 bits per heavy atom. The standard InChI is InChI=1S/C17H22ClNO6.Na/c1-3-5-16(23-12(2)20)25-17(22)19-11-4-6-15(21)24-14-9-7-13(18)8-10-14;/h7-10,16H,3-6,11H2,1-2H3,(H,19,22);/q;+1. The summed E-state index contributed by atoms with van der Waals surface area (Å²) < 4.78 is 15.0. The van der Waals surface area contributed by atoms with E-state index in [9.17, 15) is 14.4 Å². The molecule has 0 aliphatic carbocycles. The van der Waals surface area contributed by atoms with E-state index in [0.717, 1.165) is 0 Å². The summed E-state index contributed by atoms with van der Waals surface area (Å²) in [6.45, 7) is 3.35. The van der Waals surface area contributed by atoms with Crippen LogP contribution in [0.15, 0.2) is 24.3 Å². The number of ether oxygens (including phenoxy) is 3. The summed E-state index contributed by atoms with van der Waals surface area (Å²) in [7, 11) is 0. The van der Waals surface area contributed by atoms with E-state index in [4.69, 9.17) is 25.8 Å². The van der Waals surface area contributed by atoms with E-state index in [0.29, 0.717) is 30.0 Å². The first-order valence-corrected chi connectivity index (χ1v) is 8.36. The van der Waals surface area contributed by atoms with Crippen molar-refractivity contribution in [1.82, 2.24) is 5.32 Å². The number of benzene rings is 1. The van der Waals surface area contributed by atoms with Gasteiger partial charge < -0.3 is 19.5 Å². The Labute approximate surface area is 180 Å². The normalized spacial score (nSPS) is 10.9. The predicted molar refractivity (Wildman–Crippen MR) is 91.3 cm³/mol. The maximum atomic E-state index is 11.7. The Morgan fingerprint density at radius 1 is 1.15 bits per heavy atom. The van der Waals surface area contributed by atoms with Crippen molar-refractivity contribution in [2.75, 3.05) is 6.54 Å². The van der Waals surface area contributed by atoms with Crippen molar-refractivity contribution in [2.24, 2.45) is 0 Å². The van der Waals surface area contributed by atoms with Crippen LogP contribution < -0.4 is 39.6 Å². The molecule has 0 saturated heterocycles. The molecule has 1 aromatic carbocycles. The molecule has 1 unspecified atom stereocenters. The molecule has 1 aromatic rings. The number of carbonyl (C=O) groups excluding carboxylic acids is 3. The van der Waals surface area contributed by atoms with Gasteiger partial charge in [-0.05, 0) is 37.1 Å². The van der Waals surface area contributed by atoms with Crippen LogP contribution in [0.2, 0.25) is 5.02 Å². The number of rotatable bonds is 9. The van der Waals surface area contributed by atoms with Crippen LogP contribution in [-0.4, -0.2) is 30.9 Å². The van der Waals surface area contributed by atoms with E-state index in [2.05, 4.69) is 5.32 Å². The minimum Gasteiger partial charge on any atom is -0.427 e. The number of esters is 2. The Bertz CT molecular complexity index is 581. The number of alkyl carbamates (subject to hydrolysis) is 1. The van der Waals surface area contributed by atoms with Gasteiger partial charge in [-0.15, -0.1) is 0 Å². The second-order valence-electron chi connectivity index (χ2n) is 5.19. The summed E-state index contributed by atoms with van der Waals surface area (Å²) in [6.07, 6.45) is 0.0177. The summed E-state index contributed by atoms with van der Waals surface area (Å²) in [5.41, 5.74) is 0. The minimum absolute atomic E-state index is 0. The van der Waals surface area contributed by atoms with Gasteiger partial charge in [0.25, 0.3) is 0 Å². The molecule has 0 fully saturated rings. The van der Waals surface area contributed by atoms with Gasteiger partial charge in [0.05, 0.1) is 0 Å². The van der Waals surface area contributed by atoms with E-state index in [1.165, 1.54) is 6.92 Å². The van der Waals surface area contributed by atoms with E-state index < -0.39 is 24.3 Å². The van der Waals surface area contributed by atoms with Gasteiger partial charge in [-0.3, -0.25) is 9.59 Å². The van der Waals surface area contributed by atoms with Crippen molar-refractivity contribution in [3.05, 3.63) is 29.3 Å². The van der Waals surface area contributed by atoms with Crippen molar-refractivity contribution < 1.29 is 58.2 Å². The van der Waals surface area contributed by atoms with Crippen molar-refractivity contribution in [3.63, 3.8) is 0 Å². The van der Waals surface area contributed by atoms with Crippen LogP contribution in [0.4, 0.5) is 4.79 Å². The molecule has 0 bridgehead atoms. The molecular weight excluding hydrogens is 373 g/mol. The zero-order valence-corrected chi connectivity index (χ0v) is 18.0. The number of halogens is 1. The van der Waals surface area contributed by atoms with Gasteiger partial charge >= 0.3 is 47.6 Å². The topological polar surface area (TPSA) is 90.9 Å². The van der Waals surface area contributed by atoms with Crippen LogP contribution >= 0.6 is 11.6 Å². The number of carbonyl (C=O) groups is 3. The molecule has 0 radical (unpaired) electrons. The molecule has 7 nitrogen and oxygen atoms in total. The smallest absolute Gasteiger partial charge is 0.427 e. The van der Waals surface area contributed by atoms with Crippen molar-refractivity contribution in [1.29, 1.82) is 0 Å². The van der Waals surface area contributed by atoms with Crippen LogP contribution in [-0.2, 0) is 19.1 Å². The fraction of sp³-hybridized carbons (Fsp3) is 0.471. The summed E-state index contributed by atoms with van der Waals surface area (Å²) in [5.74, 6) is -0.525. The monoisotopic (exact) mass is 394 g/mol. The Balaban J connectivity index is 0.00000625. The molecule has 0 aliphatic rings. The second-order valence-corrected chi connectivity index (χ2v) is 5.63. The number of hydrogen-bond acceptors (Lipinski definition) is 6. The van der Waals surface area contributed by atoms with Gasteiger partial charge in [0, 0.05) is 31.3 Å². The fourth-order valence-corrected chi connectivity index (χ4v) is 1.96. The van der Waals surface area contributed by atoms with E-state index in [1.54, 1.807) is 24.3 Å². The van der Waals surface area contributed by atoms with Gasteiger partial charge in [-0.2, -0.15) is 0 Å². The SMILES string of the molecule is CCCC(OC(C)=O)OC(=O)NCCCC(=O)Oc1ccc(Cl)cc1.[Na+]. The molecule has 1 rings (SSSR count). The van der Waals surface area contributed by atoms with Crippen molar-refractivity contribution in [2.45, 2.75) is 45.8 Å². The first-order chi connectivity index (χ1) is 11.9. The largest absolute Gasteiger partial charge is 1.00 e. The molecule has 26 heavy (non-hydrogen) atoms. The van der Waals surface area contributed by atoms with Crippen LogP contribution in [0.1, 0.15) is 39.5 Å². The molecule has 1 amide bonds. The van der Waals surface area contributed by atoms with Crippen LogP contribution in [0.25, 0.3) is 0 Å². The molecule has 1 N–H and O–H groups in total. The first-order valence-electron chi connectivity index (χ1n) is 7.98. The van der Waals surface area contributed by atoms with E-state index in [-0.39, 0.29) is 42.5 Å². The van der Waals surface area contributed by atoms with Gasteiger partial charge in [-0.1, -0.05) is 18.5 Å². The van der Waals surface area contributed by atoms with Crippen molar-refractivity contribution in [3.8, 4) is 5.75 Å². The third kappa shape index (κ3) is 11.4. The van der Waals surface area contributed by atoms with Gasteiger partial charge in [0.2, 0.25) is 6.29 Å². The maximum Gasteiger partial charge on any atom is 1.00 e. The van der Waals surface area contributed by atoms with Gasteiger partial charge in [0.1, 0.15) is 5.75 Å². The van der Waals surface area contributed by atoms with Crippen molar-refractivity contribution >= 4 is 29.6 Å². The van der Waals surface area contributed by atoms with E-state index >= 15 is 0 Å². The molecule has 0 spiro atoms. The number of hydrogen-bond donors (Lipinski definition) is 1. The molecular formula is C17H22ClNNaO6+. The first kappa shape index (κ1) is 24.7.